The average molecular weight is 430 g/mol. The van der Waals surface area contributed by atoms with Crippen LogP contribution in [0, 0.1) is 0 Å². The fourth-order valence-corrected chi connectivity index (χ4v) is 3.88. The number of hydrogen-bond donors (Lipinski definition) is 2. The van der Waals surface area contributed by atoms with E-state index in [4.69, 9.17) is 10.5 Å². The topological polar surface area (TPSA) is 112 Å². The van der Waals surface area contributed by atoms with Crippen LogP contribution in [0.5, 0.6) is 5.75 Å². The van der Waals surface area contributed by atoms with Crippen LogP contribution < -0.4 is 15.8 Å². The lowest BCUT2D eigenvalue weighted by atomic mass is 10.3. The van der Waals surface area contributed by atoms with Crippen molar-refractivity contribution < 1.29 is 14.3 Å². The highest BCUT2D eigenvalue weighted by atomic mass is 32.2. The number of nitrogens with one attached hydrogen (secondary N) is 1. The standard InChI is InChI=1S/C19H19N5O3S2/c1-27-14-8-6-13(7-9-14)24-12-21-23-19(24)29-11-18(26)22-15-4-2-3-5-16(15)28-10-17(20)25/h2-9,12H,10-11H2,1H3,(H2,20,25)(H,22,26). The molecule has 0 fully saturated rings. The largest absolute Gasteiger partial charge is 0.497 e. The second kappa shape index (κ2) is 9.99. The van der Waals surface area contributed by atoms with Gasteiger partial charge in [-0.15, -0.1) is 22.0 Å². The molecule has 3 N–H and O–H groups in total. The first-order valence-electron chi connectivity index (χ1n) is 8.54. The minimum absolute atomic E-state index is 0.145. The van der Waals surface area contributed by atoms with E-state index in [-0.39, 0.29) is 17.4 Å². The Bertz CT molecular complexity index is 992. The van der Waals surface area contributed by atoms with Gasteiger partial charge in [0.25, 0.3) is 0 Å². The van der Waals surface area contributed by atoms with Gasteiger partial charge in [0.15, 0.2) is 5.16 Å². The van der Waals surface area contributed by atoms with Gasteiger partial charge in [0.1, 0.15) is 12.1 Å². The average Bonchev–Trinajstić information content (AvgIpc) is 3.20. The molecule has 0 aliphatic rings. The molecule has 0 aliphatic heterocycles. The number of nitrogens with two attached hydrogens (primary N) is 1. The lowest BCUT2D eigenvalue weighted by Gasteiger charge is -2.10. The molecule has 0 bridgehead atoms. The van der Waals surface area contributed by atoms with Crippen molar-refractivity contribution >= 4 is 41.0 Å². The first-order chi connectivity index (χ1) is 14.1. The molecule has 29 heavy (non-hydrogen) atoms. The van der Waals surface area contributed by atoms with E-state index in [9.17, 15) is 9.59 Å². The molecule has 2 amide bonds. The number of carbonyl (C=O) groups is 2. The zero-order valence-electron chi connectivity index (χ0n) is 15.6. The summed E-state index contributed by atoms with van der Waals surface area (Å²) in [6, 6.07) is 14.7. The summed E-state index contributed by atoms with van der Waals surface area (Å²) in [6.45, 7) is 0. The SMILES string of the molecule is COc1ccc(-n2cnnc2SCC(=O)Nc2ccccc2SCC(N)=O)cc1. The number of ether oxygens (including phenoxy) is 1. The molecule has 3 aromatic rings. The molecule has 150 valence electrons. The normalized spacial score (nSPS) is 10.5. The number of methoxy groups -OCH3 is 1. The zero-order chi connectivity index (χ0) is 20.6. The molecule has 3 rings (SSSR count). The molecule has 0 radical (unpaired) electrons. The van der Waals surface area contributed by atoms with E-state index in [0.29, 0.717) is 10.8 Å². The van der Waals surface area contributed by atoms with Gasteiger partial charge in [0.2, 0.25) is 11.8 Å². The maximum atomic E-state index is 12.4. The van der Waals surface area contributed by atoms with E-state index in [1.165, 1.54) is 23.5 Å². The van der Waals surface area contributed by atoms with Crippen molar-refractivity contribution in [3.05, 3.63) is 54.9 Å². The highest BCUT2D eigenvalue weighted by molar-refractivity contribution is 8.00. The summed E-state index contributed by atoms with van der Waals surface area (Å²) in [5.74, 6) is 0.454. The van der Waals surface area contributed by atoms with Gasteiger partial charge in [-0.25, -0.2) is 0 Å². The molecule has 0 atom stereocenters. The monoisotopic (exact) mass is 429 g/mol. The lowest BCUT2D eigenvalue weighted by molar-refractivity contribution is -0.115. The Labute approximate surface area is 176 Å². The molecule has 0 saturated carbocycles. The zero-order valence-corrected chi connectivity index (χ0v) is 17.2. The number of aromatic nitrogens is 3. The van der Waals surface area contributed by atoms with Gasteiger partial charge in [-0.2, -0.15) is 0 Å². The fourth-order valence-electron chi connectivity index (χ4n) is 2.40. The molecule has 1 heterocycles. The number of thioether (sulfide) groups is 2. The summed E-state index contributed by atoms with van der Waals surface area (Å²) in [5, 5.41) is 11.5. The lowest BCUT2D eigenvalue weighted by Crippen LogP contribution is -2.16. The number of carbonyl (C=O) groups excluding carboxylic acids is 2. The Hall–Kier alpha value is -2.98. The van der Waals surface area contributed by atoms with Crippen LogP contribution in [0.25, 0.3) is 5.69 Å². The summed E-state index contributed by atoms with van der Waals surface area (Å²) in [4.78, 5) is 24.2. The van der Waals surface area contributed by atoms with E-state index in [0.717, 1.165) is 16.3 Å². The van der Waals surface area contributed by atoms with Crippen molar-refractivity contribution in [3.63, 3.8) is 0 Å². The molecule has 2 aromatic carbocycles. The second-order valence-electron chi connectivity index (χ2n) is 5.77. The molecule has 0 saturated heterocycles. The third kappa shape index (κ3) is 5.75. The number of anilines is 1. The maximum absolute atomic E-state index is 12.4. The quantitative estimate of drug-likeness (QED) is 0.503. The van der Waals surface area contributed by atoms with Crippen molar-refractivity contribution in [1.82, 2.24) is 14.8 Å². The summed E-state index contributed by atoms with van der Waals surface area (Å²) < 4.78 is 6.97. The second-order valence-corrected chi connectivity index (χ2v) is 7.73. The highest BCUT2D eigenvalue weighted by Crippen LogP contribution is 2.27. The van der Waals surface area contributed by atoms with Gasteiger partial charge in [0.05, 0.1) is 24.3 Å². The Morgan fingerprint density at radius 1 is 1.10 bits per heavy atom. The minimum atomic E-state index is -0.412. The van der Waals surface area contributed by atoms with Crippen molar-refractivity contribution in [1.29, 1.82) is 0 Å². The predicted molar refractivity (Wildman–Crippen MR) is 114 cm³/mol. The van der Waals surface area contributed by atoms with Crippen molar-refractivity contribution in [2.24, 2.45) is 5.73 Å². The maximum Gasteiger partial charge on any atom is 0.234 e. The molecule has 0 aliphatic carbocycles. The van der Waals surface area contributed by atoms with E-state index in [2.05, 4.69) is 15.5 Å². The third-order valence-corrected chi connectivity index (χ3v) is 5.77. The Morgan fingerprint density at radius 3 is 2.59 bits per heavy atom. The smallest absolute Gasteiger partial charge is 0.234 e. The number of rotatable bonds is 9. The van der Waals surface area contributed by atoms with Gasteiger partial charge < -0.3 is 15.8 Å². The van der Waals surface area contributed by atoms with Gasteiger partial charge in [-0.1, -0.05) is 23.9 Å². The van der Waals surface area contributed by atoms with Crippen LogP contribution in [-0.2, 0) is 9.59 Å². The highest BCUT2D eigenvalue weighted by Gasteiger charge is 2.12. The molecule has 8 nitrogen and oxygen atoms in total. The molecule has 0 spiro atoms. The van der Waals surface area contributed by atoms with E-state index >= 15 is 0 Å². The molecular formula is C19H19N5O3S2. The van der Waals surface area contributed by atoms with E-state index in [1.54, 1.807) is 24.1 Å². The Balaban J connectivity index is 1.62. The number of amides is 2. The van der Waals surface area contributed by atoms with Crippen LogP contribution in [0.3, 0.4) is 0 Å². The van der Waals surface area contributed by atoms with E-state index < -0.39 is 5.91 Å². The van der Waals surface area contributed by atoms with Gasteiger partial charge in [0, 0.05) is 10.6 Å². The van der Waals surface area contributed by atoms with Gasteiger partial charge in [-0.3, -0.25) is 14.2 Å². The number of nitrogens with zero attached hydrogens (tertiary/aromatic N) is 3. The van der Waals surface area contributed by atoms with Crippen LogP contribution in [0.1, 0.15) is 0 Å². The first-order valence-corrected chi connectivity index (χ1v) is 10.5. The van der Waals surface area contributed by atoms with Crippen LogP contribution in [-0.4, -0.2) is 45.2 Å². The summed E-state index contributed by atoms with van der Waals surface area (Å²) >= 11 is 2.56. The Kier molecular flexibility index (Phi) is 7.14. The van der Waals surface area contributed by atoms with Crippen LogP contribution in [0.2, 0.25) is 0 Å². The number of para-hydroxylation sites is 1. The first kappa shape index (κ1) is 20.7. The molecule has 10 heteroatoms. The summed E-state index contributed by atoms with van der Waals surface area (Å²) in [5.41, 5.74) is 6.71. The third-order valence-electron chi connectivity index (χ3n) is 3.73. The number of primary amides is 1. The molecular weight excluding hydrogens is 410 g/mol. The van der Waals surface area contributed by atoms with Crippen molar-refractivity contribution in [2.75, 3.05) is 23.9 Å². The molecule has 0 unspecified atom stereocenters. The van der Waals surface area contributed by atoms with Crippen LogP contribution >= 0.6 is 23.5 Å². The fraction of sp³-hybridized carbons (Fsp3) is 0.158. The van der Waals surface area contributed by atoms with Gasteiger partial charge >= 0.3 is 0 Å². The van der Waals surface area contributed by atoms with Crippen molar-refractivity contribution in [3.8, 4) is 11.4 Å². The van der Waals surface area contributed by atoms with Crippen molar-refractivity contribution in [2.45, 2.75) is 10.1 Å². The van der Waals surface area contributed by atoms with Crippen LogP contribution in [0.15, 0.2) is 64.9 Å². The predicted octanol–water partition coefficient (Wildman–Crippen LogP) is 2.58. The number of hydrogen-bond acceptors (Lipinski definition) is 7. The van der Waals surface area contributed by atoms with Gasteiger partial charge in [-0.05, 0) is 36.4 Å². The number of benzene rings is 2. The summed E-state index contributed by atoms with van der Waals surface area (Å²) in [7, 11) is 1.61. The molecule has 1 aromatic heterocycles. The van der Waals surface area contributed by atoms with E-state index in [1.807, 2.05) is 42.5 Å². The Morgan fingerprint density at radius 2 is 1.86 bits per heavy atom. The summed E-state index contributed by atoms with van der Waals surface area (Å²) in [6.07, 6.45) is 1.60. The van der Waals surface area contributed by atoms with Crippen LogP contribution in [0.4, 0.5) is 5.69 Å². The minimum Gasteiger partial charge on any atom is -0.497 e.